The van der Waals surface area contributed by atoms with Crippen molar-refractivity contribution in [3.05, 3.63) is 47.6 Å². The number of furan rings is 1. The van der Waals surface area contributed by atoms with E-state index in [1.807, 2.05) is 43.4 Å². The molecule has 1 fully saturated rings. The quantitative estimate of drug-likeness (QED) is 0.803. The van der Waals surface area contributed by atoms with E-state index in [0.29, 0.717) is 17.1 Å². The summed E-state index contributed by atoms with van der Waals surface area (Å²) in [6.45, 7) is 2.62. The molecule has 3 aromatic heterocycles. The molecule has 7 heteroatoms. The Morgan fingerprint density at radius 2 is 2.29 bits per heavy atom. The predicted molar refractivity (Wildman–Crippen MR) is 87.2 cm³/mol. The molecule has 124 valence electrons. The van der Waals surface area contributed by atoms with Crippen molar-refractivity contribution >= 4 is 5.91 Å². The summed E-state index contributed by atoms with van der Waals surface area (Å²) in [5.74, 6) is 1.44. The van der Waals surface area contributed by atoms with Gasteiger partial charge in [0, 0.05) is 31.4 Å². The van der Waals surface area contributed by atoms with E-state index in [-0.39, 0.29) is 11.9 Å². The molecule has 0 radical (unpaired) electrons. The first-order chi connectivity index (χ1) is 11.6. The number of nitrogens with one attached hydrogen (secondary N) is 1. The van der Waals surface area contributed by atoms with E-state index < -0.39 is 0 Å². The highest BCUT2D eigenvalue weighted by molar-refractivity contribution is 5.93. The van der Waals surface area contributed by atoms with Crippen LogP contribution < -0.4 is 0 Å². The van der Waals surface area contributed by atoms with Crippen LogP contribution in [0.1, 0.15) is 40.7 Å². The van der Waals surface area contributed by atoms with Gasteiger partial charge in [-0.1, -0.05) is 0 Å². The van der Waals surface area contributed by atoms with Crippen LogP contribution in [0.3, 0.4) is 0 Å². The largest absolute Gasteiger partial charge is 0.460 e. The first-order valence-corrected chi connectivity index (χ1v) is 8.03. The average Bonchev–Trinajstić information content (AvgIpc) is 3.33. The van der Waals surface area contributed by atoms with Gasteiger partial charge in [-0.15, -0.1) is 0 Å². The average molecular weight is 325 g/mol. The molecule has 4 rings (SSSR count). The number of hydrogen-bond donors (Lipinski definition) is 1. The Morgan fingerprint density at radius 1 is 1.42 bits per heavy atom. The number of aromatic amines is 1. The van der Waals surface area contributed by atoms with Crippen LogP contribution in [0.25, 0.3) is 11.5 Å². The lowest BCUT2D eigenvalue weighted by Gasteiger charge is -2.22. The molecule has 7 nitrogen and oxygen atoms in total. The second kappa shape index (κ2) is 5.67. The fourth-order valence-electron chi connectivity index (χ4n) is 3.25. The number of H-pyrrole nitrogens is 1. The van der Waals surface area contributed by atoms with Crippen LogP contribution in [-0.2, 0) is 7.05 Å². The van der Waals surface area contributed by atoms with E-state index in [1.54, 1.807) is 10.7 Å². The molecule has 1 aliphatic heterocycles. The number of aromatic nitrogens is 4. The third kappa shape index (κ3) is 2.51. The molecular weight excluding hydrogens is 306 g/mol. The maximum Gasteiger partial charge on any atom is 0.274 e. The molecule has 0 aromatic carbocycles. The van der Waals surface area contributed by atoms with Crippen molar-refractivity contribution in [2.75, 3.05) is 6.54 Å². The van der Waals surface area contributed by atoms with Gasteiger partial charge in [0.1, 0.15) is 11.5 Å². The number of hydrogen-bond acceptors (Lipinski definition) is 4. The second-order valence-corrected chi connectivity index (χ2v) is 6.18. The lowest BCUT2D eigenvalue weighted by atomic mass is 10.1. The predicted octanol–water partition coefficient (Wildman–Crippen LogP) is 2.69. The molecule has 0 bridgehead atoms. The van der Waals surface area contributed by atoms with Gasteiger partial charge in [0.05, 0.1) is 12.2 Å². The zero-order valence-electron chi connectivity index (χ0n) is 13.7. The molecule has 0 aliphatic carbocycles. The molecule has 0 saturated carbocycles. The Bertz CT molecular complexity index is 875. The second-order valence-electron chi connectivity index (χ2n) is 6.18. The minimum atomic E-state index is -0.0628. The van der Waals surface area contributed by atoms with E-state index in [4.69, 9.17) is 4.42 Å². The maximum absolute atomic E-state index is 12.9. The van der Waals surface area contributed by atoms with Gasteiger partial charge >= 0.3 is 0 Å². The molecule has 1 atom stereocenters. The van der Waals surface area contributed by atoms with Crippen LogP contribution in [0.2, 0.25) is 0 Å². The highest BCUT2D eigenvalue weighted by atomic mass is 16.3. The van der Waals surface area contributed by atoms with Crippen LogP contribution in [0, 0.1) is 6.92 Å². The van der Waals surface area contributed by atoms with Crippen LogP contribution in [0.5, 0.6) is 0 Å². The minimum absolute atomic E-state index is 0.0628. The lowest BCUT2D eigenvalue weighted by molar-refractivity contribution is 0.0729. The summed E-state index contributed by atoms with van der Waals surface area (Å²) in [7, 11) is 1.88. The first kappa shape index (κ1) is 14.7. The van der Waals surface area contributed by atoms with Crippen LogP contribution in [0.15, 0.2) is 35.0 Å². The van der Waals surface area contributed by atoms with Crippen LogP contribution in [0.4, 0.5) is 0 Å². The van der Waals surface area contributed by atoms with Gasteiger partial charge in [0.2, 0.25) is 0 Å². The van der Waals surface area contributed by atoms with E-state index >= 15 is 0 Å². The summed E-state index contributed by atoms with van der Waals surface area (Å²) in [4.78, 5) is 14.8. The van der Waals surface area contributed by atoms with E-state index in [9.17, 15) is 4.79 Å². The van der Waals surface area contributed by atoms with Gasteiger partial charge in [0.25, 0.3) is 5.91 Å². The molecular formula is C17H19N5O2. The lowest BCUT2D eigenvalue weighted by Crippen LogP contribution is -2.30. The van der Waals surface area contributed by atoms with Crippen molar-refractivity contribution in [1.29, 1.82) is 0 Å². The number of nitrogens with zero attached hydrogens (tertiary/aromatic N) is 4. The zero-order valence-corrected chi connectivity index (χ0v) is 13.7. The van der Waals surface area contributed by atoms with Crippen LogP contribution in [-0.4, -0.2) is 37.3 Å². The Kier molecular flexibility index (Phi) is 3.48. The molecule has 1 aliphatic rings. The third-order valence-electron chi connectivity index (χ3n) is 4.43. The maximum atomic E-state index is 12.9. The number of carbonyl (C=O) groups is 1. The summed E-state index contributed by atoms with van der Waals surface area (Å²) in [5, 5.41) is 11.3. The number of amides is 1. The van der Waals surface area contributed by atoms with Crippen molar-refractivity contribution in [3.63, 3.8) is 0 Å². The monoisotopic (exact) mass is 325 g/mol. The number of likely N-dealkylation sites (tertiary alicyclic amines) is 1. The Morgan fingerprint density at radius 3 is 3.00 bits per heavy atom. The van der Waals surface area contributed by atoms with E-state index in [0.717, 1.165) is 30.7 Å². The summed E-state index contributed by atoms with van der Waals surface area (Å²) in [5.41, 5.74) is 2.19. The molecule has 1 unspecified atom stereocenters. The zero-order chi connectivity index (χ0) is 16.7. The highest BCUT2D eigenvalue weighted by Gasteiger charge is 2.32. The minimum Gasteiger partial charge on any atom is -0.460 e. The van der Waals surface area contributed by atoms with Crippen molar-refractivity contribution in [1.82, 2.24) is 24.9 Å². The highest BCUT2D eigenvalue weighted by Crippen LogP contribution is 2.33. The molecule has 3 aromatic rings. The fraction of sp³-hybridized carbons (Fsp3) is 0.353. The summed E-state index contributed by atoms with van der Waals surface area (Å²) < 4.78 is 7.34. The smallest absolute Gasteiger partial charge is 0.274 e. The Balaban J connectivity index is 1.58. The normalized spacial score (nSPS) is 17.6. The summed E-state index contributed by atoms with van der Waals surface area (Å²) in [6.07, 6.45) is 5.74. The Labute approximate surface area is 139 Å². The van der Waals surface area contributed by atoms with Crippen LogP contribution >= 0.6 is 0 Å². The van der Waals surface area contributed by atoms with Gasteiger partial charge in [0.15, 0.2) is 11.5 Å². The van der Waals surface area contributed by atoms with Gasteiger partial charge in [-0.25, -0.2) is 0 Å². The van der Waals surface area contributed by atoms with Gasteiger partial charge in [-0.05, 0) is 31.9 Å². The summed E-state index contributed by atoms with van der Waals surface area (Å²) in [6, 6.07) is 5.57. The summed E-state index contributed by atoms with van der Waals surface area (Å²) >= 11 is 0. The Hall–Kier alpha value is -2.83. The topological polar surface area (TPSA) is 80.0 Å². The van der Waals surface area contributed by atoms with Gasteiger partial charge in [-0.3, -0.25) is 14.6 Å². The number of aryl methyl sites for hydroxylation is 2. The molecule has 1 saturated heterocycles. The van der Waals surface area contributed by atoms with Crippen molar-refractivity contribution in [2.45, 2.75) is 25.8 Å². The van der Waals surface area contributed by atoms with Crippen molar-refractivity contribution in [3.8, 4) is 11.5 Å². The van der Waals surface area contributed by atoms with E-state index in [1.165, 1.54) is 0 Å². The SMILES string of the molecule is Cc1ccc(-c2cc(C(=O)N3CCCC3c3cnn(C)c3)n[nH]2)o1. The molecule has 4 heterocycles. The first-order valence-electron chi connectivity index (χ1n) is 8.03. The molecule has 1 amide bonds. The molecule has 0 spiro atoms. The number of rotatable bonds is 3. The van der Waals surface area contributed by atoms with Crippen molar-refractivity contribution < 1.29 is 9.21 Å². The number of carbonyl (C=O) groups excluding carboxylic acids is 1. The molecule has 24 heavy (non-hydrogen) atoms. The third-order valence-corrected chi connectivity index (χ3v) is 4.43. The standard InChI is InChI=1S/C17H19N5O2/c1-11-5-6-16(24-11)13-8-14(20-19-13)17(23)22-7-3-4-15(22)12-9-18-21(2)10-12/h5-6,8-10,15H,3-4,7H2,1-2H3,(H,19,20). The fourth-order valence-corrected chi connectivity index (χ4v) is 3.25. The van der Waals surface area contributed by atoms with Crippen molar-refractivity contribution in [2.24, 2.45) is 7.05 Å². The van der Waals surface area contributed by atoms with E-state index in [2.05, 4.69) is 15.3 Å². The van der Waals surface area contributed by atoms with Gasteiger partial charge < -0.3 is 9.32 Å². The molecule has 1 N–H and O–H groups in total. The van der Waals surface area contributed by atoms with Gasteiger partial charge in [-0.2, -0.15) is 10.2 Å².